The van der Waals surface area contributed by atoms with Crippen LogP contribution < -0.4 is 10.6 Å². The van der Waals surface area contributed by atoms with Gasteiger partial charge < -0.3 is 15.7 Å². The molecule has 5 heteroatoms. The maximum Gasteiger partial charge on any atom is 0.307 e. The molecule has 94 valence electrons. The van der Waals surface area contributed by atoms with Crippen molar-refractivity contribution in [1.82, 2.24) is 10.6 Å². The average molecular weight is 230 g/mol. The fourth-order valence-electron chi connectivity index (χ4n) is 1.01. The lowest BCUT2D eigenvalue weighted by atomic mass is 10.1. The molecule has 0 aromatic carbocycles. The third-order valence-electron chi connectivity index (χ3n) is 2.04. The molecule has 2 atom stereocenters. The van der Waals surface area contributed by atoms with E-state index in [0.717, 1.165) is 0 Å². The van der Waals surface area contributed by atoms with Gasteiger partial charge in [-0.05, 0) is 27.7 Å². The van der Waals surface area contributed by atoms with Gasteiger partial charge >= 0.3 is 5.97 Å². The van der Waals surface area contributed by atoms with E-state index in [0.29, 0.717) is 0 Å². The lowest BCUT2D eigenvalue weighted by Gasteiger charge is -2.24. The zero-order chi connectivity index (χ0) is 12.9. The Morgan fingerprint density at radius 2 is 1.75 bits per heavy atom. The van der Waals surface area contributed by atoms with Crippen molar-refractivity contribution in [2.24, 2.45) is 5.92 Å². The molecule has 1 amide bonds. The van der Waals surface area contributed by atoms with E-state index in [2.05, 4.69) is 10.6 Å². The van der Waals surface area contributed by atoms with Crippen LogP contribution in [0.1, 0.15) is 34.6 Å². The Bertz CT molecular complexity index is 258. The van der Waals surface area contributed by atoms with E-state index in [-0.39, 0.29) is 24.0 Å². The van der Waals surface area contributed by atoms with E-state index in [4.69, 9.17) is 5.11 Å². The van der Waals surface area contributed by atoms with E-state index >= 15 is 0 Å². The molecular formula is C11H22N2O3. The van der Waals surface area contributed by atoms with Gasteiger partial charge in [-0.3, -0.25) is 9.59 Å². The van der Waals surface area contributed by atoms with Gasteiger partial charge in [0.05, 0.1) is 12.0 Å². The molecule has 0 heterocycles. The molecule has 2 unspecified atom stereocenters. The second-order valence-electron chi connectivity index (χ2n) is 5.11. The van der Waals surface area contributed by atoms with Crippen LogP contribution in [0.25, 0.3) is 0 Å². The second-order valence-corrected chi connectivity index (χ2v) is 5.11. The standard InChI is InChI=1S/C11H22N2O3/c1-7(10(15)16)6-12-8(2)9(14)13-11(3,4)5/h7-8,12H,6H2,1-5H3,(H,13,14)(H,15,16). The minimum atomic E-state index is -0.865. The number of hydrogen-bond donors (Lipinski definition) is 3. The summed E-state index contributed by atoms with van der Waals surface area (Å²) >= 11 is 0. The maximum atomic E-state index is 11.6. The van der Waals surface area contributed by atoms with Crippen LogP contribution in [-0.2, 0) is 9.59 Å². The predicted molar refractivity (Wildman–Crippen MR) is 62.2 cm³/mol. The summed E-state index contributed by atoms with van der Waals surface area (Å²) in [6, 6.07) is -0.388. The van der Waals surface area contributed by atoms with Crippen LogP contribution >= 0.6 is 0 Å². The first-order valence-corrected chi connectivity index (χ1v) is 5.41. The third kappa shape index (κ3) is 6.40. The zero-order valence-corrected chi connectivity index (χ0v) is 10.6. The largest absolute Gasteiger partial charge is 0.481 e. The molecule has 5 nitrogen and oxygen atoms in total. The number of amides is 1. The Hall–Kier alpha value is -1.10. The molecule has 0 saturated heterocycles. The molecular weight excluding hydrogens is 208 g/mol. The second kappa shape index (κ2) is 5.84. The van der Waals surface area contributed by atoms with Crippen LogP contribution in [0.5, 0.6) is 0 Å². The average Bonchev–Trinajstić information content (AvgIpc) is 2.10. The first kappa shape index (κ1) is 14.9. The van der Waals surface area contributed by atoms with E-state index in [1.165, 1.54) is 0 Å². The molecule has 0 radical (unpaired) electrons. The Labute approximate surface area is 96.6 Å². The topological polar surface area (TPSA) is 78.4 Å². The van der Waals surface area contributed by atoms with Gasteiger partial charge in [0.2, 0.25) is 5.91 Å². The molecule has 0 aromatic rings. The first-order chi connectivity index (χ1) is 7.13. The summed E-state index contributed by atoms with van der Waals surface area (Å²) in [5.74, 6) is -1.48. The molecule has 0 saturated carbocycles. The fraction of sp³-hybridized carbons (Fsp3) is 0.818. The molecule has 0 spiro atoms. The number of carbonyl (C=O) groups excluding carboxylic acids is 1. The van der Waals surface area contributed by atoms with Gasteiger partial charge in [-0.25, -0.2) is 0 Å². The summed E-state index contributed by atoms with van der Waals surface area (Å²) in [7, 11) is 0. The van der Waals surface area contributed by atoms with Gasteiger partial charge in [0.15, 0.2) is 0 Å². The minimum absolute atomic E-state index is 0.120. The molecule has 0 rings (SSSR count). The first-order valence-electron chi connectivity index (χ1n) is 5.41. The molecule has 0 bridgehead atoms. The van der Waals surface area contributed by atoms with E-state index in [1.807, 2.05) is 20.8 Å². The van der Waals surface area contributed by atoms with Crippen molar-refractivity contribution in [2.45, 2.75) is 46.2 Å². The molecule has 0 fully saturated rings. The molecule has 0 aromatic heterocycles. The van der Waals surface area contributed by atoms with E-state index in [9.17, 15) is 9.59 Å². The number of aliphatic carboxylic acids is 1. The smallest absolute Gasteiger partial charge is 0.307 e. The minimum Gasteiger partial charge on any atom is -0.481 e. The van der Waals surface area contributed by atoms with Crippen molar-refractivity contribution in [2.75, 3.05) is 6.54 Å². The number of carbonyl (C=O) groups is 2. The van der Waals surface area contributed by atoms with Crippen molar-refractivity contribution in [3.05, 3.63) is 0 Å². The van der Waals surface area contributed by atoms with Crippen LogP contribution in [0.2, 0.25) is 0 Å². The number of carboxylic acid groups (broad SMARTS) is 1. The number of carboxylic acids is 1. The van der Waals surface area contributed by atoms with Crippen LogP contribution in [0.15, 0.2) is 0 Å². The number of nitrogens with one attached hydrogen (secondary N) is 2. The van der Waals surface area contributed by atoms with Gasteiger partial charge in [-0.15, -0.1) is 0 Å². The zero-order valence-electron chi connectivity index (χ0n) is 10.6. The number of rotatable bonds is 5. The monoisotopic (exact) mass is 230 g/mol. The van der Waals surface area contributed by atoms with Gasteiger partial charge in [-0.2, -0.15) is 0 Å². The molecule has 0 aliphatic heterocycles. The van der Waals surface area contributed by atoms with Gasteiger partial charge in [0.25, 0.3) is 0 Å². The van der Waals surface area contributed by atoms with Gasteiger partial charge in [0, 0.05) is 12.1 Å². The Balaban J connectivity index is 4.02. The van der Waals surface area contributed by atoms with Gasteiger partial charge in [-0.1, -0.05) is 6.92 Å². The van der Waals surface area contributed by atoms with Crippen LogP contribution in [-0.4, -0.2) is 35.1 Å². The third-order valence-corrected chi connectivity index (χ3v) is 2.04. The number of hydrogen-bond acceptors (Lipinski definition) is 3. The molecule has 0 aliphatic rings. The SMILES string of the molecule is CC(CNC(C)C(=O)NC(C)(C)C)C(=O)O. The Kier molecular flexibility index (Phi) is 5.44. The van der Waals surface area contributed by atoms with E-state index in [1.54, 1.807) is 13.8 Å². The van der Waals surface area contributed by atoms with Crippen LogP contribution in [0, 0.1) is 5.92 Å². The molecule has 16 heavy (non-hydrogen) atoms. The van der Waals surface area contributed by atoms with Crippen molar-refractivity contribution in [3.8, 4) is 0 Å². The highest BCUT2D eigenvalue weighted by molar-refractivity contribution is 5.82. The van der Waals surface area contributed by atoms with Crippen molar-refractivity contribution in [1.29, 1.82) is 0 Å². The van der Waals surface area contributed by atoms with Crippen molar-refractivity contribution >= 4 is 11.9 Å². The summed E-state index contributed by atoms with van der Waals surface area (Å²) in [6.45, 7) is 9.31. The highest BCUT2D eigenvalue weighted by Crippen LogP contribution is 2.00. The highest BCUT2D eigenvalue weighted by Gasteiger charge is 2.20. The lowest BCUT2D eigenvalue weighted by Crippen LogP contribution is -2.50. The van der Waals surface area contributed by atoms with Crippen LogP contribution in [0.3, 0.4) is 0 Å². The maximum absolute atomic E-state index is 11.6. The lowest BCUT2D eigenvalue weighted by molar-refractivity contribution is -0.141. The normalized spacial score (nSPS) is 15.3. The molecule has 0 aliphatic carbocycles. The quantitative estimate of drug-likeness (QED) is 0.646. The summed E-state index contributed by atoms with van der Waals surface area (Å²) in [4.78, 5) is 22.2. The molecule has 3 N–H and O–H groups in total. The Morgan fingerprint density at radius 1 is 1.25 bits per heavy atom. The summed E-state index contributed by atoms with van der Waals surface area (Å²) in [5, 5.41) is 14.4. The van der Waals surface area contributed by atoms with E-state index < -0.39 is 11.9 Å². The highest BCUT2D eigenvalue weighted by atomic mass is 16.4. The summed E-state index contributed by atoms with van der Waals surface area (Å²) < 4.78 is 0. The fourth-order valence-corrected chi connectivity index (χ4v) is 1.01. The predicted octanol–water partition coefficient (Wildman–Crippen LogP) is 0.600. The van der Waals surface area contributed by atoms with Crippen molar-refractivity contribution in [3.63, 3.8) is 0 Å². The Morgan fingerprint density at radius 3 is 2.12 bits per heavy atom. The van der Waals surface area contributed by atoms with Crippen molar-refractivity contribution < 1.29 is 14.7 Å². The van der Waals surface area contributed by atoms with Crippen LogP contribution in [0.4, 0.5) is 0 Å². The summed E-state index contributed by atoms with van der Waals surface area (Å²) in [5.41, 5.74) is -0.272. The van der Waals surface area contributed by atoms with Gasteiger partial charge in [0.1, 0.15) is 0 Å². The summed E-state index contributed by atoms with van der Waals surface area (Å²) in [6.07, 6.45) is 0.